The van der Waals surface area contributed by atoms with E-state index in [1.165, 1.54) is 5.56 Å². The Balaban J connectivity index is 1.40. The molecule has 0 fully saturated rings. The summed E-state index contributed by atoms with van der Waals surface area (Å²) in [5, 5.41) is 26.4. The van der Waals surface area contributed by atoms with Crippen LogP contribution in [0, 0.1) is 0 Å². The summed E-state index contributed by atoms with van der Waals surface area (Å²) in [6.07, 6.45) is 3.55. The molecule has 3 aromatic carbocycles. The fourth-order valence-electron chi connectivity index (χ4n) is 4.18. The highest BCUT2D eigenvalue weighted by atomic mass is 16.3. The number of hydrogen-bond donors (Lipinski definition) is 4. The number of benzene rings is 3. The van der Waals surface area contributed by atoms with E-state index < -0.39 is 6.10 Å². The third-order valence-corrected chi connectivity index (χ3v) is 6.11. The molecular formula is C30H38N2O3. The first-order chi connectivity index (χ1) is 16.8. The highest BCUT2D eigenvalue weighted by molar-refractivity contribution is 5.78. The predicted octanol–water partition coefficient (Wildman–Crippen LogP) is 4.72. The average molecular weight is 475 g/mol. The van der Waals surface area contributed by atoms with E-state index >= 15 is 0 Å². The SMILES string of the molecule is CC(C)(Cc1cccc(CC(=O)NCCCCc2ccccc2)c1)NCC(O)c1ccc(O)cc1. The molecule has 1 unspecified atom stereocenters. The van der Waals surface area contributed by atoms with E-state index in [0.29, 0.717) is 19.5 Å². The molecular weight excluding hydrogens is 436 g/mol. The molecule has 3 aromatic rings. The van der Waals surface area contributed by atoms with Crippen LogP contribution in [0.1, 0.15) is 55.0 Å². The number of aromatic hydroxyl groups is 1. The monoisotopic (exact) mass is 474 g/mol. The topological polar surface area (TPSA) is 81.6 Å². The number of aryl methyl sites for hydroxylation is 1. The molecule has 186 valence electrons. The number of phenols is 1. The summed E-state index contributed by atoms with van der Waals surface area (Å²) in [5.74, 6) is 0.238. The summed E-state index contributed by atoms with van der Waals surface area (Å²) in [6, 6.07) is 25.2. The lowest BCUT2D eigenvalue weighted by Gasteiger charge is -2.28. The molecule has 3 rings (SSSR count). The largest absolute Gasteiger partial charge is 0.508 e. The van der Waals surface area contributed by atoms with Gasteiger partial charge >= 0.3 is 0 Å². The van der Waals surface area contributed by atoms with E-state index in [9.17, 15) is 15.0 Å². The van der Waals surface area contributed by atoms with Crippen molar-refractivity contribution >= 4 is 5.91 Å². The average Bonchev–Trinajstić information content (AvgIpc) is 2.83. The maximum Gasteiger partial charge on any atom is 0.224 e. The molecule has 4 N–H and O–H groups in total. The van der Waals surface area contributed by atoms with Gasteiger partial charge in [-0.25, -0.2) is 0 Å². The Kier molecular flexibility index (Phi) is 9.88. The molecule has 0 bridgehead atoms. The van der Waals surface area contributed by atoms with E-state index in [0.717, 1.165) is 42.4 Å². The van der Waals surface area contributed by atoms with Crippen LogP contribution in [0.25, 0.3) is 0 Å². The van der Waals surface area contributed by atoms with Gasteiger partial charge in [0.1, 0.15) is 5.75 Å². The van der Waals surface area contributed by atoms with Gasteiger partial charge in [-0.05, 0) is 73.9 Å². The summed E-state index contributed by atoms with van der Waals surface area (Å²) < 4.78 is 0. The van der Waals surface area contributed by atoms with Crippen molar-refractivity contribution in [1.82, 2.24) is 10.6 Å². The van der Waals surface area contributed by atoms with Crippen LogP contribution < -0.4 is 10.6 Å². The van der Waals surface area contributed by atoms with Crippen molar-refractivity contribution in [3.63, 3.8) is 0 Å². The Morgan fingerprint density at radius 2 is 1.57 bits per heavy atom. The van der Waals surface area contributed by atoms with Gasteiger partial charge in [-0.3, -0.25) is 4.79 Å². The number of aliphatic hydroxyl groups excluding tert-OH is 1. The predicted molar refractivity (Wildman–Crippen MR) is 141 cm³/mol. The van der Waals surface area contributed by atoms with Crippen LogP contribution in [0.15, 0.2) is 78.9 Å². The van der Waals surface area contributed by atoms with E-state index in [4.69, 9.17) is 0 Å². The summed E-state index contributed by atoms with van der Waals surface area (Å²) in [6.45, 7) is 5.31. The van der Waals surface area contributed by atoms with E-state index in [1.54, 1.807) is 24.3 Å². The summed E-state index contributed by atoms with van der Waals surface area (Å²) in [7, 11) is 0. The van der Waals surface area contributed by atoms with Gasteiger partial charge in [0.15, 0.2) is 0 Å². The number of amides is 1. The molecule has 0 saturated carbocycles. The smallest absolute Gasteiger partial charge is 0.224 e. The zero-order chi connectivity index (χ0) is 25.1. The second kappa shape index (κ2) is 13.1. The number of nitrogens with one attached hydrogen (secondary N) is 2. The number of hydrogen-bond acceptors (Lipinski definition) is 4. The Labute approximate surface area is 209 Å². The van der Waals surface area contributed by atoms with Gasteiger partial charge in [-0.15, -0.1) is 0 Å². The molecule has 0 aliphatic rings. The maximum absolute atomic E-state index is 12.4. The van der Waals surface area contributed by atoms with Gasteiger partial charge in [0.25, 0.3) is 0 Å². The van der Waals surface area contributed by atoms with Gasteiger partial charge in [0.05, 0.1) is 12.5 Å². The van der Waals surface area contributed by atoms with Gasteiger partial charge in [0.2, 0.25) is 5.91 Å². The standard InChI is InChI=1S/C30H38N2O3/c1-30(2,32-22-28(34)26-14-16-27(33)17-15-26)21-25-13-8-12-24(19-25)20-29(35)31-18-7-6-11-23-9-4-3-5-10-23/h3-5,8-10,12-17,19,28,32-34H,6-7,11,18,20-22H2,1-2H3,(H,31,35). The van der Waals surface area contributed by atoms with Gasteiger partial charge < -0.3 is 20.8 Å². The van der Waals surface area contributed by atoms with Gasteiger partial charge in [-0.1, -0.05) is 66.7 Å². The lowest BCUT2D eigenvalue weighted by atomic mass is 9.93. The van der Waals surface area contributed by atoms with E-state index in [1.807, 2.05) is 18.2 Å². The van der Waals surface area contributed by atoms with Crippen molar-refractivity contribution in [2.45, 2.75) is 57.6 Å². The molecule has 0 spiro atoms. The molecule has 0 aromatic heterocycles. The normalized spacial score (nSPS) is 12.3. The van der Waals surface area contributed by atoms with Crippen molar-refractivity contribution < 1.29 is 15.0 Å². The molecule has 0 heterocycles. The van der Waals surface area contributed by atoms with Crippen LogP contribution in [0.4, 0.5) is 0 Å². The third-order valence-electron chi connectivity index (χ3n) is 6.11. The second-order valence-electron chi connectivity index (χ2n) is 9.84. The molecule has 1 amide bonds. The Bertz CT molecular complexity index is 1050. The number of aliphatic hydroxyl groups is 1. The van der Waals surface area contributed by atoms with Crippen LogP contribution in [0.2, 0.25) is 0 Å². The first-order valence-electron chi connectivity index (χ1n) is 12.4. The lowest BCUT2D eigenvalue weighted by molar-refractivity contribution is -0.120. The summed E-state index contributed by atoms with van der Waals surface area (Å²) >= 11 is 0. The molecule has 5 heteroatoms. The third kappa shape index (κ3) is 9.55. The van der Waals surface area contributed by atoms with Gasteiger partial charge in [-0.2, -0.15) is 0 Å². The van der Waals surface area contributed by atoms with Crippen molar-refractivity contribution in [3.8, 4) is 5.75 Å². The van der Waals surface area contributed by atoms with Crippen LogP contribution in [-0.4, -0.2) is 34.7 Å². The minimum Gasteiger partial charge on any atom is -0.508 e. The molecule has 0 saturated heterocycles. The Hall–Kier alpha value is -3.15. The summed E-state index contributed by atoms with van der Waals surface area (Å²) in [5.41, 5.74) is 4.01. The molecule has 35 heavy (non-hydrogen) atoms. The van der Waals surface area contributed by atoms with Crippen molar-refractivity contribution in [1.29, 1.82) is 0 Å². The van der Waals surface area contributed by atoms with Crippen LogP contribution >= 0.6 is 0 Å². The molecule has 1 atom stereocenters. The number of β-amino-alcohol motifs (C(OH)–C–C–N with tert-alkyl or cyclic N) is 1. The number of phenolic OH excluding ortho intramolecular Hbond substituents is 1. The maximum atomic E-state index is 12.4. The minimum atomic E-state index is -0.655. The molecule has 0 aliphatic heterocycles. The van der Waals surface area contributed by atoms with Gasteiger partial charge in [0, 0.05) is 18.6 Å². The highest BCUT2D eigenvalue weighted by Gasteiger charge is 2.20. The summed E-state index contributed by atoms with van der Waals surface area (Å²) in [4.78, 5) is 12.4. The Morgan fingerprint density at radius 1 is 0.886 bits per heavy atom. The highest BCUT2D eigenvalue weighted by Crippen LogP contribution is 2.19. The number of unbranched alkanes of at least 4 members (excludes halogenated alkanes) is 1. The first kappa shape index (κ1) is 26.5. The van der Waals surface area contributed by atoms with E-state index in [-0.39, 0.29) is 17.2 Å². The van der Waals surface area contributed by atoms with Crippen molar-refractivity contribution in [3.05, 3.63) is 101 Å². The van der Waals surface area contributed by atoms with Crippen LogP contribution in [-0.2, 0) is 24.1 Å². The first-order valence-corrected chi connectivity index (χ1v) is 12.4. The number of carbonyl (C=O) groups excluding carboxylic acids is 1. The Morgan fingerprint density at radius 3 is 2.31 bits per heavy atom. The van der Waals surface area contributed by atoms with Crippen LogP contribution in [0.5, 0.6) is 5.75 Å². The molecule has 5 nitrogen and oxygen atoms in total. The fourth-order valence-corrected chi connectivity index (χ4v) is 4.18. The second-order valence-corrected chi connectivity index (χ2v) is 9.84. The fraction of sp³-hybridized carbons (Fsp3) is 0.367. The quantitative estimate of drug-likeness (QED) is 0.270. The lowest BCUT2D eigenvalue weighted by Crippen LogP contribution is -2.43. The molecule has 0 radical (unpaired) electrons. The van der Waals surface area contributed by atoms with Crippen molar-refractivity contribution in [2.24, 2.45) is 0 Å². The molecule has 0 aliphatic carbocycles. The van der Waals surface area contributed by atoms with Crippen molar-refractivity contribution in [2.75, 3.05) is 13.1 Å². The van der Waals surface area contributed by atoms with E-state index in [2.05, 4.69) is 60.9 Å². The zero-order valence-corrected chi connectivity index (χ0v) is 20.8. The minimum absolute atomic E-state index is 0.0521. The number of carbonyl (C=O) groups is 1. The zero-order valence-electron chi connectivity index (χ0n) is 20.8. The number of rotatable bonds is 13. The van der Waals surface area contributed by atoms with Crippen LogP contribution in [0.3, 0.4) is 0 Å².